The summed E-state index contributed by atoms with van der Waals surface area (Å²) in [6.45, 7) is 2.58. The molecule has 0 aromatic carbocycles. The quantitative estimate of drug-likeness (QED) is 0.665. The molecule has 4 fully saturated rings. The fourth-order valence-electron chi connectivity index (χ4n) is 4.45. The lowest BCUT2D eigenvalue weighted by Crippen LogP contribution is -2.44. The van der Waals surface area contributed by atoms with Gasteiger partial charge in [-0.3, -0.25) is 0 Å². The van der Waals surface area contributed by atoms with Crippen LogP contribution in [-0.4, -0.2) is 38.0 Å². The average Bonchev–Trinajstić information content (AvgIpc) is 3.11. The maximum atomic E-state index is 9.77. The molecule has 2 aliphatic carbocycles. The molecule has 0 aromatic heterocycles. The van der Waals surface area contributed by atoms with Crippen LogP contribution in [0.2, 0.25) is 0 Å². The highest BCUT2D eigenvalue weighted by Gasteiger charge is 2.63. The lowest BCUT2D eigenvalue weighted by Gasteiger charge is -2.42. The molecule has 0 radical (unpaired) electrons. The summed E-state index contributed by atoms with van der Waals surface area (Å²) in [7, 11) is 0. The van der Waals surface area contributed by atoms with Gasteiger partial charge in [-0.1, -0.05) is 0 Å². The van der Waals surface area contributed by atoms with Gasteiger partial charge < -0.3 is 18.9 Å². The number of fused-ring (bicyclic) bond motifs is 1. The van der Waals surface area contributed by atoms with E-state index in [2.05, 4.69) is 6.07 Å². The zero-order chi connectivity index (χ0) is 13.0. The van der Waals surface area contributed by atoms with Crippen molar-refractivity contribution in [2.75, 3.05) is 26.4 Å². The van der Waals surface area contributed by atoms with E-state index in [1.807, 2.05) is 0 Å². The van der Waals surface area contributed by atoms with Gasteiger partial charge in [-0.25, -0.2) is 0 Å². The van der Waals surface area contributed by atoms with Crippen molar-refractivity contribution in [3.8, 4) is 6.07 Å². The third kappa shape index (κ3) is 1.67. The molecule has 0 N–H and O–H groups in total. The number of ether oxygens (including phenoxy) is 4. The van der Waals surface area contributed by atoms with E-state index in [-0.39, 0.29) is 0 Å². The first-order valence-corrected chi connectivity index (χ1v) is 7.17. The summed E-state index contributed by atoms with van der Waals surface area (Å²) in [6, 6.07) is 2.56. The van der Waals surface area contributed by atoms with E-state index in [0.29, 0.717) is 45.2 Å². The van der Waals surface area contributed by atoms with Crippen LogP contribution in [0.4, 0.5) is 0 Å². The Bertz CT molecular complexity index is 410. The molecule has 2 saturated carbocycles. The van der Waals surface area contributed by atoms with E-state index >= 15 is 0 Å². The molecule has 104 valence electrons. The maximum absolute atomic E-state index is 9.77. The number of hydrogen-bond acceptors (Lipinski definition) is 5. The van der Waals surface area contributed by atoms with E-state index in [1.54, 1.807) is 0 Å². The maximum Gasteiger partial charge on any atom is 0.170 e. The lowest BCUT2D eigenvalue weighted by atomic mass is 9.67. The molecule has 5 heteroatoms. The van der Waals surface area contributed by atoms with E-state index in [1.165, 1.54) is 0 Å². The molecule has 5 nitrogen and oxygen atoms in total. The summed E-state index contributed by atoms with van der Waals surface area (Å²) in [5, 5.41) is 9.77. The van der Waals surface area contributed by atoms with E-state index < -0.39 is 17.0 Å². The van der Waals surface area contributed by atoms with Gasteiger partial charge in [0.15, 0.2) is 11.6 Å². The van der Waals surface area contributed by atoms with Crippen LogP contribution in [0.25, 0.3) is 0 Å². The van der Waals surface area contributed by atoms with Gasteiger partial charge in [0, 0.05) is 25.7 Å². The number of nitriles is 1. The molecule has 0 bridgehead atoms. The van der Waals surface area contributed by atoms with E-state index in [4.69, 9.17) is 18.9 Å². The van der Waals surface area contributed by atoms with Crippen molar-refractivity contribution in [3.63, 3.8) is 0 Å². The van der Waals surface area contributed by atoms with Gasteiger partial charge in [-0.2, -0.15) is 5.26 Å². The fraction of sp³-hybridized carbons (Fsp3) is 0.929. The number of nitrogens with zero attached hydrogens (tertiary/aromatic N) is 1. The smallest absolute Gasteiger partial charge is 0.170 e. The highest BCUT2D eigenvalue weighted by Crippen LogP contribution is 2.61. The van der Waals surface area contributed by atoms with Crippen LogP contribution in [0.3, 0.4) is 0 Å². The first kappa shape index (κ1) is 12.1. The standard InChI is InChI=1S/C14H19NO4/c15-10-12-8-13(16-3-4-17-13)2-1-11(12)7-14(9-12)18-5-6-19-14/h11H,1-9H2/t11-,12-/m0/s1. The topological polar surface area (TPSA) is 60.7 Å². The van der Waals surface area contributed by atoms with Gasteiger partial charge >= 0.3 is 0 Å². The Balaban J connectivity index is 1.64. The van der Waals surface area contributed by atoms with Crippen molar-refractivity contribution in [2.45, 2.75) is 43.7 Å². The Morgan fingerprint density at radius 2 is 1.47 bits per heavy atom. The minimum atomic E-state index is -0.517. The molecular weight excluding hydrogens is 246 g/mol. The van der Waals surface area contributed by atoms with Crippen LogP contribution in [0.1, 0.15) is 32.1 Å². The van der Waals surface area contributed by atoms with Gasteiger partial charge in [-0.05, 0) is 12.3 Å². The largest absolute Gasteiger partial charge is 0.347 e. The Kier molecular flexibility index (Phi) is 2.50. The van der Waals surface area contributed by atoms with Crippen LogP contribution in [0, 0.1) is 22.7 Å². The van der Waals surface area contributed by atoms with Gasteiger partial charge in [0.25, 0.3) is 0 Å². The van der Waals surface area contributed by atoms with Crippen molar-refractivity contribution in [1.29, 1.82) is 5.26 Å². The van der Waals surface area contributed by atoms with E-state index in [0.717, 1.165) is 19.3 Å². The predicted molar refractivity (Wildman–Crippen MR) is 63.9 cm³/mol. The zero-order valence-electron chi connectivity index (χ0n) is 11.0. The SMILES string of the molecule is N#C[C@@]12CC3(CC[C@H]1CC1(C2)OCCO1)OCCO3. The molecular formula is C14H19NO4. The summed E-state index contributed by atoms with van der Waals surface area (Å²) < 4.78 is 23.3. The Hall–Kier alpha value is -0.670. The molecule has 19 heavy (non-hydrogen) atoms. The molecule has 4 rings (SSSR count). The normalized spacial score (nSPS) is 42.6. The first-order chi connectivity index (χ1) is 9.20. The Morgan fingerprint density at radius 3 is 2.11 bits per heavy atom. The third-order valence-electron chi connectivity index (χ3n) is 5.23. The molecule has 0 amide bonds. The second-order valence-corrected chi connectivity index (χ2v) is 6.28. The molecule has 2 aliphatic heterocycles. The summed E-state index contributed by atoms with van der Waals surface area (Å²) in [6.07, 6.45) is 4.02. The Morgan fingerprint density at radius 1 is 0.895 bits per heavy atom. The summed E-state index contributed by atoms with van der Waals surface area (Å²) in [5.74, 6) is -0.685. The molecule has 0 aromatic rings. The Labute approximate surface area is 112 Å². The van der Waals surface area contributed by atoms with Gasteiger partial charge in [0.05, 0.1) is 37.9 Å². The minimum absolute atomic E-state index is 0.342. The second kappa shape index (κ2) is 3.92. The van der Waals surface area contributed by atoms with Crippen LogP contribution in [0.5, 0.6) is 0 Å². The summed E-state index contributed by atoms with van der Waals surface area (Å²) in [4.78, 5) is 0. The van der Waals surface area contributed by atoms with Crippen LogP contribution in [0.15, 0.2) is 0 Å². The number of hydrogen-bond donors (Lipinski definition) is 0. The highest BCUT2D eigenvalue weighted by molar-refractivity contribution is 5.16. The molecule has 2 saturated heterocycles. The van der Waals surface area contributed by atoms with Gasteiger partial charge in [0.1, 0.15) is 0 Å². The van der Waals surface area contributed by atoms with Crippen molar-refractivity contribution in [1.82, 2.24) is 0 Å². The van der Waals surface area contributed by atoms with Crippen molar-refractivity contribution in [2.24, 2.45) is 11.3 Å². The highest BCUT2D eigenvalue weighted by atomic mass is 16.7. The predicted octanol–water partition coefficient (Wildman–Crippen LogP) is 1.58. The third-order valence-corrected chi connectivity index (χ3v) is 5.23. The fourth-order valence-corrected chi connectivity index (χ4v) is 4.45. The van der Waals surface area contributed by atoms with Crippen molar-refractivity contribution in [3.05, 3.63) is 0 Å². The average molecular weight is 265 g/mol. The van der Waals surface area contributed by atoms with Crippen LogP contribution in [-0.2, 0) is 18.9 Å². The van der Waals surface area contributed by atoms with Gasteiger partial charge in [-0.15, -0.1) is 0 Å². The molecule has 4 aliphatic rings. The monoisotopic (exact) mass is 265 g/mol. The minimum Gasteiger partial charge on any atom is -0.347 e. The molecule has 2 spiro atoms. The van der Waals surface area contributed by atoms with Crippen LogP contribution < -0.4 is 0 Å². The second-order valence-electron chi connectivity index (χ2n) is 6.28. The van der Waals surface area contributed by atoms with Crippen LogP contribution >= 0.6 is 0 Å². The van der Waals surface area contributed by atoms with Crippen molar-refractivity contribution >= 4 is 0 Å². The number of rotatable bonds is 0. The molecule has 2 heterocycles. The summed E-state index contributed by atoms with van der Waals surface area (Å²) >= 11 is 0. The van der Waals surface area contributed by atoms with Gasteiger partial charge in [0.2, 0.25) is 0 Å². The van der Waals surface area contributed by atoms with E-state index in [9.17, 15) is 5.26 Å². The zero-order valence-corrected chi connectivity index (χ0v) is 11.0. The molecule has 0 unspecified atom stereocenters. The lowest BCUT2D eigenvalue weighted by molar-refractivity contribution is -0.203. The summed E-state index contributed by atoms with van der Waals surface area (Å²) in [5.41, 5.74) is -0.410. The molecule has 2 atom stereocenters. The van der Waals surface area contributed by atoms with Crippen molar-refractivity contribution < 1.29 is 18.9 Å². The first-order valence-electron chi connectivity index (χ1n) is 7.17.